The molecule has 3 nitrogen and oxygen atoms in total. The fourth-order valence-electron chi connectivity index (χ4n) is 4.37. The molecule has 3 aromatic rings. The normalized spacial score (nSPS) is 15.2. The van der Waals surface area contributed by atoms with E-state index in [1.54, 1.807) is 6.07 Å². The second kappa shape index (κ2) is 8.60. The maximum atomic E-state index is 13.9. The molecule has 2 heterocycles. The van der Waals surface area contributed by atoms with E-state index in [-0.39, 0.29) is 0 Å². The third-order valence-corrected chi connectivity index (χ3v) is 6.20. The summed E-state index contributed by atoms with van der Waals surface area (Å²) in [6.07, 6.45) is 10.4. The molecule has 1 aromatic carbocycles. The zero-order valence-corrected chi connectivity index (χ0v) is 17.3. The minimum absolute atomic E-state index is 0.414. The largest absolute Gasteiger partial charge is 0.286 e. The van der Waals surface area contributed by atoms with Crippen LogP contribution in [-0.2, 0) is 12.8 Å². The number of hydrogen-bond donors (Lipinski definition) is 0. The van der Waals surface area contributed by atoms with Gasteiger partial charge in [0.05, 0.1) is 0 Å². The predicted molar refractivity (Wildman–Crippen MR) is 111 cm³/mol. The third kappa shape index (κ3) is 4.49. The van der Waals surface area contributed by atoms with Crippen molar-refractivity contribution in [1.82, 2.24) is 14.6 Å². The van der Waals surface area contributed by atoms with E-state index in [2.05, 4.69) is 40.7 Å². The van der Waals surface area contributed by atoms with Crippen molar-refractivity contribution in [3.8, 4) is 0 Å². The first-order chi connectivity index (χ1) is 14.1. The Morgan fingerprint density at radius 1 is 1.14 bits per heavy atom. The van der Waals surface area contributed by atoms with Crippen LogP contribution >= 0.6 is 0 Å². The zero-order chi connectivity index (χ0) is 20.4. The molecule has 154 valence electrons. The summed E-state index contributed by atoms with van der Waals surface area (Å²) >= 11 is 0. The summed E-state index contributed by atoms with van der Waals surface area (Å²) in [4.78, 5) is 0. The van der Waals surface area contributed by atoms with Gasteiger partial charge in [-0.15, -0.1) is 10.2 Å². The average Bonchev–Trinajstić information content (AvgIpc) is 3.42. The summed E-state index contributed by atoms with van der Waals surface area (Å²) in [5.41, 5.74) is 4.08. The molecule has 29 heavy (non-hydrogen) atoms. The Morgan fingerprint density at radius 2 is 1.97 bits per heavy atom. The van der Waals surface area contributed by atoms with Crippen LogP contribution in [0, 0.1) is 24.5 Å². The number of benzene rings is 1. The monoisotopic (exact) mass is 397 g/mol. The minimum atomic E-state index is -0.520. The number of fused-ring (bicyclic) bond motifs is 1. The summed E-state index contributed by atoms with van der Waals surface area (Å²) in [5, 5.41) is 8.92. The fourth-order valence-corrected chi connectivity index (χ4v) is 4.37. The quantitative estimate of drug-likeness (QED) is 0.432. The SMILES string of the molecule is CCCC(CCCc1ccc(F)cc1F)c1ccn2c(CC3CC3)nnc2c1C. The van der Waals surface area contributed by atoms with Crippen LogP contribution in [0.1, 0.15) is 73.9 Å². The lowest BCUT2D eigenvalue weighted by Gasteiger charge is -2.19. The number of hydrogen-bond acceptors (Lipinski definition) is 2. The van der Waals surface area contributed by atoms with Crippen molar-refractivity contribution < 1.29 is 8.78 Å². The smallest absolute Gasteiger partial charge is 0.163 e. The number of pyridine rings is 1. The maximum Gasteiger partial charge on any atom is 0.163 e. The second-order valence-corrected chi connectivity index (χ2v) is 8.47. The molecule has 1 unspecified atom stereocenters. The molecule has 4 rings (SSSR count). The van der Waals surface area contributed by atoms with Gasteiger partial charge in [-0.2, -0.15) is 0 Å². The highest BCUT2D eigenvalue weighted by Gasteiger charge is 2.25. The minimum Gasteiger partial charge on any atom is -0.286 e. The second-order valence-electron chi connectivity index (χ2n) is 8.47. The molecule has 0 spiro atoms. The van der Waals surface area contributed by atoms with Crippen LogP contribution in [0.25, 0.3) is 5.65 Å². The lowest BCUT2D eigenvalue weighted by Crippen LogP contribution is -2.06. The van der Waals surface area contributed by atoms with Gasteiger partial charge in [0.1, 0.15) is 17.5 Å². The van der Waals surface area contributed by atoms with E-state index in [4.69, 9.17) is 0 Å². The number of aryl methyl sites for hydroxylation is 2. The first-order valence-electron chi connectivity index (χ1n) is 10.8. The van der Waals surface area contributed by atoms with Crippen molar-refractivity contribution >= 4 is 5.65 Å². The molecular formula is C24H29F2N3. The van der Waals surface area contributed by atoms with Crippen LogP contribution in [0.5, 0.6) is 0 Å². The molecule has 0 aliphatic heterocycles. The fraction of sp³-hybridized carbons (Fsp3) is 0.500. The van der Waals surface area contributed by atoms with Crippen molar-refractivity contribution in [2.24, 2.45) is 5.92 Å². The van der Waals surface area contributed by atoms with Gasteiger partial charge in [0.15, 0.2) is 5.65 Å². The maximum absolute atomic E-state index is 13.9. The van der Waals surface area contributed by atoms with E-state index in [0.29, 0.717) is 17.9 Å². The van der Waals surface area contributed by atoms with E-state index in [1.165, 1.54) is 30.0 Å². The number of aromatic nitrogens is 3. The van der Waals surface area contributed by atoms with Gasteiger partial charge in [0.2, 0.25) is 0 Å². The van der Waals surface area contributed by atoms with Crippen LogP contribution in [-0.4, -0.2) is 14.6 Å². The lowest BCUT2D eigenvalue weighted by molar-refractivity contribution is 0.530. The molecule has 0 amide bonds. The van der Waals surface area contributed by atoms with Crippen molar-refractivity contribution in [2.75, 3.05) is 0 Å². The molecule has 1 fully saturated rings. The number of nitrogens with zero attached hydrogens (tertiary/aromatic N) is 3. The molecule has 1 atom stereocenters. The molecule has 0 saturated heterocycles. The van der Waals surface area contributed by atoms with Crippen LogP contribution in [0.2, 0.25) is 0 Å². The van der Waals surface area contributed by atoms with Crippen LogP contribution in [0.15, 0.2) is 30.5 Å². The predicted octanol–water partition coefficient (Wildman–Crippen LogP) is 6.18. The lowest BCUT2D eigenvalue weighted by atomic mass is 9.87. The van der Waals surface area contributed by atoms with Crippen LogP contribution in [0.4, 0.5) is 8.78 Å². The Balaban J connectivity index is 1.49. The third-order valence-electron chi connectivity index (χ3n) is 6.20. The highest BCUT2D eigenvalue weighted by Crippen LogP contribution is 2.34. The van der Waals surface area contributed by atoms with E-state index < -0.39 is 11.6 Å². The van der Waals surface area contributed by atoms with Gasteiger partial charge in [0, 0.05) is 18.7 Å². The molecule has 0 bridgehead atoms. The number of rotatable bonds is 9. The van der Waals surface area contributed by atoms with E-state index in [1.807, 2.05) is 0 Å². The molecule has 1 aliphatic rings. The van der Waals surface area contributed by atoms with Crippen molar-refractivity contribution in [3.63, 3.8) is 0 Å². The Hall–Kier alpha value is -2.30. The molecule has 0 radical (unpaired) electrons. The van der Waals surface area contributed by atoms with Crippen LogP contribution < -0.4 is 0 Å². The topological polar surface area (TPSA) is 30.2 Å². The summed E-state index contributed by atoms with van der Waals surface area (Å²) in [7, 11) is 0. The first-order valence-corrected chi connectivity index (χ1v) is 10.8. The molecule has 0 N–H and O–H groups in total. The van der Waals surface area contributed by atoms with Crippen molar-refractivity contribution in [2.45, 2.75) is 71.1 Å². The highest BCUT2D eigenvalue weighted by atomic mass is 19.1. The van der Waals surface area contributed by atoms with Gasteiger partial charge in [-0.3, -0.25) is 4.40 Å². The Labute approximate surface area is 171 Å². The van der Waals surface area contributed by atoms with Gasteiger partial charge in [-0.05, 0) is 86.1 Å². The van der Waals surface area contributed by atoms with Crippen LogP contribution in [0.3, 0.4) is 0 Å². The van der Waals surface area contributed by atoms with Crippen molar-refractivity contribution in [3.05, 3.63) is 64.6 Å². The Morgan fingerprint density at radius 3 is 2.69 bits per heavy atom. The highest BCUT2D eigenvalue weighted by molar-refractivity contribution is 5.52. The standard InChI is InChI=1S/C24H29F2N3/c1-3-5-18(6-4-7-19-10-11-20(25)15-22(19)26)21-12-13-29-23(14-17-8-9-17)27-28-24(29)16(21)2/h10-13,15,17-18H,3-9,14H2,1-2H3. The van der Waals surface area contributed by atoms with E-state index in [0.717, 1.165) is 55.6 Å². The first kappa shape index (κ1) is 20.0. The Bertz CT molecular complexity index is 991. The Kier molecular flexibility index (Phi) is 5.93. The van der Waals surface area contributed by atoms with E-state index >= 15 is 0 Å². The molecule has 1 saturated carbocycles. The summed E-state index contributed by atoms with van der Waals surface area (Å²) in [6.45, 7) is 4.34. The summed E-state index contributed by atoms with van der Waals surface area (Å²) in [5.74, 6) is 1.30. The van der Waals surface area contributed by atoms with Gasteiger partial charge in [0.25, 0.3) is 0 Å². The molecule has 1 aliphatic carbocycles. The van der Waals surface area contributed by atoms with Gasteiger partial charge >= 0.3 is 0 Å². The van der Waals surface area contributed by atoms with Gasteiger partial charge in [-0.1, -0.05) is 19.4 Å². The number of halogens is 2. The van der Waals surface area contributed by atoms with Crippen molar-refractivity contribution in [1.29, 1.82) is 0 Å². The molecule has 2 aromatic heterocycles. The zero-order valence-electron chi connectivity index (χ0n) is 17.3. The van der Waals surface area contributed by atoms with Gasteiger partial charge in [-0.25, -0.2) is 8.78 Å². The molecular weight excluding hydrogens is 368 g/mol. The summed E-state index contributed by atoms with van der Waals surface area (Å²) in [6, 6.07) is 6.10. The summed E-state index contributed by atoms with van der Waals surface area (Å²) < 4.78 is 29.2. The average molecular weight is 398 g/mol. The molecule has 5 heteroatoms. The van der Waals surface area contributed by atoms with E-state index in [9.17, 15) is 8.78 Å². The van der Waals surface area contributed by atoms with Gasteiger partial charge < -0.3 is 0 Å².